The van der Waals surface area contributed by atoms with Crippen LogP contribution in [0.3, 0.4) is 0 Å². The van der Waals surface area contributed by atoms with E-state index < -0.39 is 6.10 Å². The van der Waals surface area contributed by atoms with E-state index in [9.17, 15) is 9.59 Å². The summed E-state index contributed by atoms with van der Waals surface area (Å²) in [4.78, 5) is 31.8. The maximum absolute atomic E-state index is 12.9. The normalized spacial score (nSPS) is 20.7. The van der Waals surface area contributed by atoms with Crippen LogP contribution in [-0.2, 0) is 22.4 Å². The molecule has 1 amide bonds. The van der Waals surface area contributed by atoms with Gasteiger partial charge >= 0.3 is 0 Å². The molecule has 7 heteroatoms. The Hall–Kier alpha value is -1.73. The number of thiophene rings is 1. The molecule has 0 spiro atoms. The third-order valence-electron chi connectivity index (χ3n) is 4.60. The van der Waals surface area contributed by atoms with Gasteiger partial charge in [-0.05, 0) is 51.0 Å². The zero-order chi connectivity index (χ0) is 16.0. The fourth-order valence-electron chi connectivity index (χ4n) is 3.40. The lowest BCUT2D eigenvalue weighted by Crippen LogP contribution is -2.40. The molecule has 6 nitrogen and oxygen atoms in total. The van der Waals surface area contributed by atoms with Crippen LogP contribution in [0.2, 0.25) is 0 Å². The van der Waals surface area contributed by atoms with Crippen molar-refractivity contribution < 1.29 is 9.53 Å². The third-order valence-corrected chi connectivity index (χ3v) is 5.79. The summed E-state index contributed by atoms with van der Waals surface area (Å²) < 4.78 is 6.67. The second kappa shape index (κ2) is 5.72. The van der Waals surface area contributed by atoms with Gasteiger partial charge in [0.15, 0.2) is 0 Å². The van der Waals surface area contributed by atoms with E-state index in [4.69, 9.17) is 4.74 Å². The van der Waals surface area contributed by atoms with Gasteiger partial charge in [0.2, 0.25) is 0 Å². The molecule has 1 unspecified atom stereocenters. The topological polar surface area (TPSA) is 73.2 Å². The van der Waals surface area contributed by atoms with Gasteiger partial charge in [0.25, 0.3) is 11.5 Å². The SMILES string of the molecule is Cc1nc2sc3c(c2c(=O)n1NC(=O)C1CCCO1)CCCC3. The number of nitrogens with zero attached hydrogens (tertiary/aromatic N) is 2. The van der Waals surface area contributed by atoms with E-state index in [-0.39, 0.29) is 11.5 Å². The summed E-state index contributed by atoms with van der Waals surface area (Å²) in [6, 6.07) is 0. The Morgan fingerprint density at radius 3 is 2.96 bits per heavy atom. The summed E-state index contributed by atoms with van der Waals surface area (Å²) in [5.41, 5.74) is 3.66. The van der Waals surface area contributed by atoms with Gasteiger partial charge in [-0.3, -0.25) is 15.0 Å². The van der Waals surface area contributed by atoms with Crippen molar-refractivity contribution >= 4 is 27.5 Å². The Morgan fingerprint density at radius 2 is 2.17 bits per heavy atom. The summed E-state index contributed by atoms with van der Waals surface area (Å²) in [5.74, 6) is 0.241. The molecule has 4 rings (SSSR count). The van der Waals surface area contributed by atoms with Gasteiger partial charge in [0, 0.05) is 11.5 Å². The molecule has 2 aromatic rings. The third kappa shape index (κ3) is 2.48. The lowest BCUT2D eigenvalue weighted by molar-refractivity contribution is -0.125. The van der Waals surface area contributed by atoms with Crippen molar-refractivity contribution in [2.45, 2.75) is 51.6 Å². The zero-order valence-electron chi connectivity index (χ0n) is 13.1. The van der Waals surface area contributed by atoms with E-state index in [1.807, 2.05) is 0 Å². The van der Waals surface area contributed by atoms with Crippen LogP contribution in [0.5, 0.6) is 0 Å². The van der Waals surface area contributed by atoms with Crippen LogP contribution in [0.4, 0.5) is 0 Å². The fraction of sp³-hybridized carbons (Fsp3) is 0.562. The molecule has 23 heavy (non-hydrogen) atoms. The predicted octanol–water partition coefficient (Wildman–Crippen LogP) is 1.89. The minimum absolute atomic E-state index is 0.168. The van der Waals surface area contributed by atoms with Crippen molar-refractivity contribution in [3.8, 4) is 0 Å². The first-order chi connectivity index (χ1) is 11.1. The molecule has 1 saturated heterocycles. The molecule has 0 saturated carbocycles. The predicted molar refractivity (Wildman–Crippen MR) is 88.6 cm³/mol. The maximum atomic E-state index is 12.9. The Balaban J connectivity index is 1.77. The van der Waals surface area contributed by atoms with Gasteiger partial charge in [-0.25, -0.2) is 9.66 Å². The van der Waals surface area contributed by atoms with Gasteiger partial charge in [-0.2, -0.15) is 0 Å². The second-order valence-electron chi connectivity index (χ2n) is 6.17. The zero-order valence-corrected chi connectivity index (χ0v) is 13.9. The standard InChI is InChI=1S/C16H19N3O3S/c1-9-17-15-13(10-5-2-3-7-12(10)23-15)16(21)19(9)18-14(20)11-6-4-8-22-11/h11H,2-8H2,1H3,(H,18,20). The van der Waals surface area contributed by atoms with Gasteiger partial charge < -0.3 is 4.74 Å². The summed E-state index contributed by atoms with van der Waals surface area (Å²) in [5, 5.41) is 0.683. The first-order valence-electron chi connectivity index (χ1n) is 8.11. The number of carbonyl (C=O) groups excluding carboxylic acids is 1. The molecule has 122 valence electrons. The summed E-state index contributed by atoms with van der Waals surface area (Å²) in [6.07, 6.45) is 5.33. The van der Waals surface area contributed by atoms with Crippen molar-refractivity contribution in [1.82, 2.24) is 9.66 Å². The van der Waals surface area contributed by atoms with Crippen molar-refractivity contribution in [2.75, 3.05) is 12.0 Å². The van der Waals surface area contributed by atoms with E-state index in [2.05, 4.69) is 10.4 Å². The summed E-state index contributed by atoms with van der Waals surface area (Å²) in [6.45, 7) is 2.34. The number of carbonyl (C=O) groups is 1. The minimum atomic E-state index is -0.464. The minimum Gasteiger partial charge on any atom is -0.368 e. The molecule has 1 N–H and O–H groups in total. The lowest BCUT2D eigenvalue weighted by Gasteiger charge is -2.15. The largest absolute Gasteiger partial charge is 0.368 e. The number of ether oxygens (including phenoxy) is 1. The van der Waals surface area contributed by atoms with Crippen LogP contribution in [0.1, 0.15) is 41.9 Å². The highest BCUT2D eigenvalue weighted by atomic mass is 32.1. The maximum Gasteiger partial charge on any atom is 0.281 e. The molecule has 1 aliphatic heterocycles. The average molecular weight is 333 g/mol. The fourth-order valence-corrected chi connectivity index (χ4v) is 4.70. The van der Waals surface area contributed by atoms with E-state index >= 15 is 0 Å². The highest BCUT2D eigenvalue weighted by molar-refractivity contribution is 7.18. The number of fused-ring (bicyclic) bond motifs is 3. The van der Waals surface area contributed by atoms with E-state index in [1.165, 1.54) is 16.0 Å². The Morgan fingerprint density at radius 1 is 1.35 bits per heavy atom. The first kappa shape index (κ1) is 14.8. The quantitative estimate of drug-likeness (QED) is 0.911. The second-order valence-corrected chi connectivity index (χ2v) is 7.25. The van der Waals surface area contributed by atoms with Crippen molar-refractivity contribution in [3.63, 3.8) is 0 Å². The number of aromatic nitrogens is 2. The lowest BCUT2D eigenvalue weighted by atomic mass is 9.97. The number of nitrogens with one attached hydrogen (secondary N) is 1. The van der Waals surface area contributed by atoms with E-state index in [1.54, 1.807) is 18.3 Å². The molecule has 2 aromatic heterocycles. The molecule has 2 aliphatic rings. The molecule has 0 bridgehead atoms. The van der Waals surface area contributed by atoms with Crippen molar-refractivity contribution in [3.05, 3.63) is 26.6 Å². The molecule has 3 heterocycles. The molecule has 1 atom stereocenters. The van der Waals surface area contributed by atoms with E-state index in [0.717, 1.165) is 36.1 Å². The van der Waals surface area contributed by atoms with Crippen LogP contribution in [0.25, 0.3) is 10.2 Å². The highest BCUT2D eigenvalue weighted by Crippen LogP contribution is 2.33. The van der Waals surface area contributed by atoms with Gasteiger partial charge in [-0.15, -0.1) is 11.3 Å². The molecular weight excluding hydrogens is 314 g/mol. The van der Waals surface area contributed by atoms with Gasteiger partial charge in [0.1, 0.15) is 16.8 Å². The molecule has 0 aromatic carbocycles. The Kier molecular flexibility index (Phi) is 3.69. The summed E-state index contributed by atoms with van der Waals surface area (Å²) >= 11 is 1.62. The van der Waals surface area contributed by atoms with Gasteiger partial charge in [-0.1, -0.05) is 0 Å². The van der Waals surface area contributed by atoms with Crippen LogP contribution in [-0.4, -0.2) is 28.3 Å². The molecule has 1 aliphatic carbocycles. The van der Waals surface area contributed by atoms with Crippen LogP contribution >= 0.6 is 11.3 Å². The number of hydrogen-bond donors (Lipinski definition) is 1. The number of hydrogen-bond acceptors (Lipinski definition) is 5. The first-order valence-corrected chi connectivity index (χ1v) is 8.93. The van der Waals surface area contributed by atoms with Crippen LogP contribution in [0, 0.1) is 6.92 Å². The van der Waals surface area contributed by atoms with Crippen LogP contribution < -0.4 is 11.0 Å². The monoisotopic (exact) mass is 333 g/mol. The summed E-state index contributed by atoms with van der Waals surface area (Å²) in [7, 11) is 0. The van der Waals surface area contributed by atoms with Crippen LogP contribution in [0.15, 0.2) is 4.79 Å². The molecule has 1 fully saturated rings. The molecular formula is C16H19N3O3S. The average Bonchev–Trinajstić information content (AvgIpc) is 3.18. The number of aryl methyl sites for hydroxylation is 3. The highest BCUT2D eigenvalue weighted by Gasteiger charge is 2.26. The van der Waals surface area contributed by atoms with Crippen molar-refractivity contribution in [2.24, 2.45) is 0 Å². The Labute approximate surface area is 137 Å². The van der Waals surface area contributed by atoms with Gasteiger partial charge in [0.05, 0.1) is 5.39 Å². The number of rotatable bonds is 2. The van der Waals surface area contributed by atoms with E-state index in [0.29, 0.717) is 24.2 Å². The number of amides is 1. The Bertz CT molecular complexity index is 833. The van der Waals surface area contributed by atoms with Crippen molar-refractivity contribution in [1.29, 1.82) is 0 Å². The smallest absolute Gasteiger partial charge is 0.281 e. The molecule has 0 radical (unpaired) electrons.